The molecule has 8 nitrogen and oxygen atoms in total. The number of aliphatic hydroxyl groups is 1. The number of halogens is 2. The molecule has 2 unspecified atom stereocenters. The summed E-state index contributed by atoms with van der Waals surface area (Å²) in [6, 6.07) is 20.5. The Hall–Kier alpha value is -3.17. The first-order chi connectivity index (χ1) is 21.9. The number of nitrogens with one attached hydrogen (secondary N) is 3. The monoisotopic (exact) mass is 665 g/mol. The number of carbonyl (C=O) groups is 1. The first-order valence-electron chi connectivity index (χ1n) is 15.6. The molecular weight excluding hydrogens is 625 g/mol. The topological polar surface area (TPSA) is 123 Å². The fourth-order valence-corrected chi connectivity index (χ4v) is 6.89. The lowest BCUT2D eigenvalue weighted by Crippen LogP contribution is -2.52. The molecule has 1 heterocycles. The van der Waals surface area contributed by atoms with Gasteiger partial charge >= 0.3 is 0 Å². The molecule has 1 saturated carbocycles. The molecule has 4 atom stereocenters. The van der Waals surface area contributed by atoms with Crippen molar-refractivity contribution < 1.29 is 18.8 Å². The summed E-state index contributed by atoms with van der Waals surface area (Å²) in [5.74, 6) is -0.503. The van der Waals surface area contributed by atoms with Crippen molar-refractivity contribution in [2.24, 2.45) is 5.92 Å². The van der Waals surface area contributed by atoms with Gasteiger partial charge in [0.05, 0.1) is 36.1 Å². The lowest BCUT2D eigenvalue weighted by Gasteiger charge is -2.39. The zero-order valence-electron chi connectivity index (χ0n) is 26.4. The Morgan fingerprint density at radius 1 is 1.13 bits per heavy atom. The Balaban J connectivity index is 1.46. The van der Waals surface area contributed by atoms with Gasteiger partial charge < -0.3 is 20.3 Å². The molecule has 2 aliphatic rings. The van der Waals surface area contributed by atoms with Gasteiger partial charge in [0.1, 0.15) is 16.1 Å². The van der Waals surface area contributed by atoms with E-state index in [9.17, 15) is 19.7 Å². The summed E-state index contributed by atoms with van der Waals surface area (Å²) in [5, 5.41) is 26.8. The number of hydrogen-bond acceptors (Lipinski definition) is 7. The number of benzene rings is 3. The van der Waals surface area contributed by atoms with Gasteiger partial charge in [-0.2, -0.15) is 5.26 Å². The van der Waals surface area contributed by atoms with Gasteiger partial charge in [-0.05, 0) is 106 Å². The van der Waals surface area contributed by atoms with Crippen molar-refractivity contribution in [2.45, 2.75) is 75.3 Å². The third kappa shape index (κ3) is 8.21. The summed E-state index contributed by atoms with van der Waals surface area (Å²) >= 11 is 4.47. The second-order valence-electron chi connectivity index (χ2n) is 13.3. The average molecular weight is 666 g/mol. The number of rotatable bonds is 12. The third-order valence-electron chi connectivity index (χ3n) is 8.66. The normalized spacial score (nSPS) is 20.5. The van der Waals surface area contributed by atoms with Crippen molar-refractivity contribution >= 4 is 40.2 Å². The molecule has 244 valence electrons. The Morgan fingerprint density at radius 3 is 2.52 bits per heavy atom. The quantitative estimate of drug-likeness (QED) is 0.168. The van der Waals surface area contributed by atoms with Crippen LogP contribution in [0.15, 0.2) is 66.7 Å². The van der Waals surface area contributed by atoms with Crippen LogP contribution < -0.4 is 15.4 Å². The summed E-state index contributed by atoms with van der Waals surface area (Å²) < 4.78 is 32.0. The predicted molar refractivity (Wildman–Crippen MR) is 181 cm³/mol. The van der Waals surface area contributed by atoms with Gasteiger partial charge in [-0.25, -0.2) is 4.39 Å². The molecule has 0 radical (unpaired) electrons. The van der Waals surface area contributed by atoms with E-state index in [4.69, 9.17) is 11.6 Å². The number of nitriles is 1. The average Bonchev–Trinajstić information content (AvgIpc) is 3.79. The van der Waals surface area contributed by atoms with Crippen LogP contribution in [0.2, 0.25) is 5.02 Å². The summed E-state index contributed by atoms with van der Waals surface area (Å²) in [4.78, 5) is 15.5. The van der Waals surface area contributed by atoms with E-state index in [0.29, 0.717) is 35.2 Å². The van der Waals surface area contributed by atoms with E-state index < -0.39 is 45.5 Å². The van der Waals surface area contributed by atoms with Gasteiger partial charge in [0, 0.05) is 28.6 Å². The highest BCUT2D eigenvalue weighted by Gasteiger charge is 2.44. The maximum Gasteiger partial charge on any atom is 0.241 e. The Labute approximate surface area is 278 Å². The van der Waals surface area contributed by atoms with Crippen LogP contribution in [0.1, 0.15) is 69.6 Å². The van der Waals surface area contributed by atoms with Crippen molar-refractivity contribution in [3.8, 4) is 6.07 Å². The predicted octanol–water partition coefficient (Wildman–Crippen LogP) is 6.28. The third-order valence-corrected chi connectivity index (χ3v) is 10.6. The van der Waals surface area contributed by atoms with Crippen LogP contribution in [0.25, 0.3) is 0 Å². The number of aliphatic hydroxyl groups excluding tert-OH is 1. The van der Waals surface area contributed by atoms with Crippen LogP contribution in [-0.2, 0) is 21.7 Å². The van der Waals surface area contributed by atoms with Crippen LogP contribution in [0.3, 0.4) is 0 Å². The van der Waals surface area contributed by atoms with Crippen molar-refractivity contribution in [1.29, 1.82) is 5.26 Å². The number of hydrogen-bond donors (Lipinski definition) is 4. The Morgan fingerprint density at radius 2 is 1.85 bits per heavy atom. The maximum absolute atomic E-state index is 15.5. The molecule has 1 aliphatic carbocycles. The second-order valence-corrected chi connectivity index (χ2v) is 15.7. The minimum atomic E-state index is -1.53. The van der Waals surface area contributed by atoms with Gasteiger partial charge in [0.2, 0.25) is 5.91 Å². The van der Waals surface area contributed by atoms with Gasteiger partial charge in [-0.1, -0.05) is 42.6 Å². The molecular formula is C35H41ClFN5O3S. The number of anilines is 2. The van der Waals surface area contributed by atoms with Crippen LogP contribution in [0.5, 0.6) is 0 Å². The molecule has 0 bridgehead atoms. The van der Waals surface area contributed by atoms with Crippen molar-refractivity contribution in [2.75, 3.05) is 23.8 Å². The molecule has 2 fully saturated rings. The molecule has 3 aromatic carbocycles. The van der Waals surface area contributed by atoms with E-state index in [-0.39, 0.29) is 18.7 Å². The number of amides is 1. The lowest BCUT2D eigenvalue weighted by atomic mass is 9.79. The Bertz CT molecular complexity index is 1580. The molecule has 0 aromatic heterocycles. The summed E-state index contributed by atoms with van der Waals surface area (Å²) in [6.07, 6.45) is 3.15. The molecule has 1 saturated heterocycles. The highest BCUT2D eigenvalue weighted by molar-refractivity contribution is 7.90. The molecule has 5 rings (SSSR count). The first kappa shape index (κ1) is 34.2. The second kappa shape index (κ2) is 14.3. The smallest absolute Gasteiger partial charge is 0.241 e. The van der Waals surface area contributed by atoms with E-state index in [1.807, 2.05) is 43.9 Å². The number of likely N-dealkylation sites (tertiary alicyclic amines) is 1. The van der Waals surface area contributed by atoms with Crippen LogP contribution in [0, 0.1) is 23.1 Å². The highest BCUT2D eigenvalue weighted by atomic mass is 35.5. The van der Waals surface area contributed by atoms with Gasteiger partial charge in [0.15, 0.2) is 0 Å². The summed E-state index contributed by atoms with van der Waals surface area (Å²) in [7, 11) is 0. The minimum Gasteiger partial charge on any atom is -0.598 e. The summed E-state index contributed by atoms with van der Waals surface area (Å²) in [5.41, 5.74) is 1.60. The molecule has 1 aliphatic heterocycles. The summed E-state index contributed by atoms with van der Waals surface area (Å²) in [6.45, 7) is 6.22. The number of β-amino-alcohol motifs (C(OH)–C–C–N with tert-alkyl or cyclic N) is 1. The van der Waals surface area contributed by atoms with E-state index in [1.54, 1.807) is 42.5 Å². The fraction of sp³-hybridized carbons (Fsp3) is 0.429. The van der Waals surface area contributed by atoms with Crippen LogP contribution >= 0.6 is 11.6 Å². The SMILES string of the molecule is CC(C)(C)[S+]([O-])NC(CCC1CC1)(c1cccc(C#N)c1)c1ccc(F)c(NC(=O)[C@@H]2C[C@@H](O)CN2CNc2ccc(Cl)cc2)c1. The molecule has 46 heavy (non-hydrogen) atoms. The molecule has 1 amide bonds. The minimum absolute atomic E-state index is 0.00919. The van der Waals surface area contributed by atoms with Gasteiger partial charge in [-0.3, -0.25) is 9.69 Å². The molecule has 4 N–H and O–H groups in total. The van der Waals surface area contributed by atoms with Crippen molar-refractivity contribution in [3.05, 3.63) is 94.3 Å². The van der Waals surface area contributed by atoms with Crippen molar-refractivity contribution in [1.82, 2.24) is 9.62 Å². The number of carbonyl (C=O) groups excluding carboxylic acids is 1. The maximum atomic E-state index is 15.5. The van der Waals surface area contributed by atoms with Crippen LogP contribution in [-0.4, -0.2) is 50.6 Å². The van der Waals surface area contributed by atoms with E-state index in [0.717, 1.165) is 30.5 Å². The highest BCUT2D eigenvalue weighted by Crippen LogP contribution is 2.43. The van der Waals surface area contributed by atoms with E-state index >= 15 is 4.39 Å². The first-order valence-corrected chi connectivity index (χ1v) is 17.1. The molecule has 0 spiro atoms. The fourth-order valence-electron chi connectivity index (χ4n) is 5.81. The lowest BCUT2D eigenvalue weighted by molar-refractivity contribution is -0.120. The van der Waals surface area contributed by atoms with Gasteiger partial charge in [0.25, 0.3) is 0 Å². The molecule has 3 aromatic rings. The largest absolute Gasteiger partial charge is 0.598 e. The number of nitrogens with zero attached hydrogens (tertiary/aromatic N) is 2. The van der Waals surface area contributed by atoms with Crippen LogP contribution in [0.4, 0.5) is 15.8 Å². The van der Waals surface area contributed by atoms with Crippen molar-refractivity contribution in [3.63, 3.8) is 0 Å². The zero-order valence-corrected chi connectivity index (χ0v) is 27.9. The standard InChI is InChI=1S/C35H41ClFN5O3S/c1-34(2,3)46(45)41-35(16-15-23-7-8-23,25-6-4-5-24(17-25)20-38)26-9-14-30(37)31(18-26)40-33(44)32-19-29(43)21-42(32)22-39-28-12-10-27(36)11-13-28/h4-6,9-14,17-18,23,29,32,39,41,43H,7-8,15-16,19,21-22H2,1-3H3,(H,40,44)/t29-,32+,35?,46?/m1/s1. The van der Waals surface area contributed by atoms with E-state index in [2.05, 4.69) is 21.4 Å². The molecule has 11 heteroatoms. The zero-order chi connectivity index (χ0) is 33.1. The van der Waals surface area contributed by atoms with E-state index in [1.165, 1.54) is 6.07 Å². The Kier molecular flexibility index (Phi) is 10.6. The van der Waals surface area contributed by atoms with Gasteiger partial charge in [-0.15, -0.1) is 4.72 Å².